The van der Waals surface area contributed by atoms with Gasteiger partial charge in [0.2, 0.25) is 0 Å². The molecule has 0 spiro atoms. The van der Waals surface area contributed by atoms with E-state index in [0.717, 1.165) is 11.1 Å². The van der Waals surface area contributed by atoms with E-state index in [1.807, 2.05) is 32.0 Å². The van der Waals surface area contributed by atoms with Crippen LogP contribution in [-0.4, -0.2) is 25.9 Å². The average molecular weight is 461 g/mol. The molecule has 0 bridgehead atoms. The van der Waals surface area contributed by atoms with Crippen LogP contribution < -0.4 is 0 Å². The molecule has 0 aliphatic rings. The van der Waals surface area contributed by atoms with Crippen LogP contribution >= 0.6 is 0 Å². The van der Waals surface area contributed by atoms with Gasteiger partial charge in [0.05, 0.1) is 4.90 Å². The highest BCUT2D eigenvalue weighted by Gasteiger charge is 2.20. The number of aryl methyl sites for hydroxylation is 5. The molecule has 0 aliphatic carbocycles. The first-order chi connectivity index (χ1) is 14.4. The molecule has 0 atom stereocenters. The van der Waals surface area contributed by atoms with Gasteiger partial charge < -0.3 is 0 Å². The molecule has 0 unspecified atom stereocenters. The van der Waals surface area contributed by atoms with Crippen molar-refractivity contribution < 1.29 is 25.9 Å². The van der Waals surface area contributed by atoms with Gasteiger partial charge in [-0.15, -0.1) is 0 Å². The minimum atomic E-state index is -4.49. The quantitative estimate of drug-likeness (QED) is 0.522. The van der Waals surface area contributed by atoms with E-state index < -0.39 is 20.2 Å². The van der Waals surface area contributed by atoms with E-state index in [4.69, 9.17) is 0 Å². The molecule has 0 amide bonds. The van der Waals surface area contributed by atoms with E-state index in [2.05, 4.69) is 0 Å². The van der Waals surface area contributed by atoms with Crippen molar-refractivity contribution in [1.82, 2.24) is 0 Å². The molecular formula is C23H24O6S2. The van der Waals surface area contributed by atoms with Gasteiger partial charge in [-0.2, -0.15) is 16.8 Å². The maximum Gasteiger partial charge on any atom is 0.295 e. The van der Waals surface area contributed by atoms with E-state index in [1.54, 1.807) is 31.2 Å². The number of hydrogen-bond acceptors (Lipinski definition) is 4. The van der Waals surface area contributed by atoms with Crippen molar-refractivity contribution >= 4 is 20.2 Å². The van der Waals surface area contributed by atoms with E-state index in [-0.39, 0.29) is 16.2 Å². The van der Waals surface area contributed by atoms with Crippen LogP contribution in [0.25, 0.3) is 11.1 Å². The molecule has 164 valence electrons. The predicted molar refractivity (Wildman–Crippen MR) is 120 cm³/mol. The van der Waals surface area contributed by atoms with Gasteiger partial charge in [-0.05, 0) is 73.6 Å². The summed E-state index contributed by atoms with van der Waals surface area (Å²) in [6.45, 7) is 5.54. The second kappa shape index (κ2) is 8.55. The van der Waals surface area contributed by atoms with E-state index >= 15 is 0 Å². The van der Waals surface area contributed by atoms with Crippen LogP contribution in [0.1, 0.15) is 27.8 Å². The lowest BCUT2D eigenvalue weighted by molar-refractivity contribution is 0.480. The summed E-state index contributed by atoms with van der Waals surface area (Å²) >= 11 is 0. The van der Waals surface area contributed by atoms with E-state index in [1.165, 1.54) is 12.1 Å². The lowest BCUT2D eigenvalue weighted by Gasteiger charge is -2.13. The first-order valence-electron chi connectivity index (χ1n) is 9.61. The molecule has 3 rings (SSSR count). The van der Waals surface area contributed by atoms with Crippen molar-refractivity contribution in [3.05, 3.63) is 82.4 Å². The summed E-state index contributed by atoms with van der Waals surface area (Å²) in [6.07, 6.45) is 0.588. The number of rotatable bonds is 6. The zero-order valence-corrected chi connectivity index (χ0v) is 19.1. The zero-order valence-electron chi connectivity index (χ0n) is 17.5. The molecule has 8 heteroatoms. The maximum atomic E-state index is 12.1. The van der Waals surface area contributed by atoms with Gasteiger partial charge in [-0.1, -0.05) is 48.0 Å². The van der Waals surface area contributed by atoms with Crippen molar-refractivity contribution in [3.63, 3.8) is 0 Å². The first-order valence-corrected chi connectivity index (χ1v) is 12.5. The smallest absolute Gasteiger partial charge is 0.282 e. The Balaban J connectivity index is 2.00. The fourth-order valence-corrected chi connectivity index (χ4v) is 5.25. The molecule has 0 saturated carbocycles. The molecule has 0 fully saturated rings. The summed E-state index contributed by atoms with van der Waals surface area (Å²) in [5.41, 5.74) is 4.77. The van der Waals surface area contributed by atoms with Gasteiger partial charge >= 0.3 is 0 Å². The molecule has 6 nitrogen and oxygen atoms in total. The maximum absolute atomic E-state index is 12.1. The molecule has 0 aliphatic heterocycles. The molecule has 31 heavy (non-hydrogen) atoms. The second-order valence-corrected chi connectivity index (χ2v) is 10.5. The Bertz CT molecular complexity index is 1360. The fourth-order valence-electron chi connectivity index (χ4n) is 3.66. The van der Waals surface area contributed by atoms with E-state index in [9.17, 15) is 25.9 Å². The standard InChI is InChI=1S/C23H24O6S2/c1-15-5-10-20(17(3)12-15)21-11-7-18(14-23(21)31(27,28)29)6-9-19-8-4-16(2)13-22(19)30(24,25)26/h4-5,7-8,10-14H,6,9H2,1-3H3,(H,24,25,26)(H,27,28,29). The van der Waals surface area contributed by atoms with Crippen LogP contribution in [0.5, 0.6) is 0 Å². The Morgan fingerprint density at radius 2 is 1.23 bits per heavy atom. The topological polar surface area (TPSA) is 109 Å². The highest BCUT2D eigenvalue weighted by molar-refractivity contribution is 7.86. The van der Waals surface area contributed by atoms with Crippen LogP contribution in [0.4, 0.5) is 0 Å². The first kappa shape index (κ1) is 23.1. The summed E-state index contributed by atoms with van der Waals surface area (Å²) in [7, 11) is -8.87. The molecule has 0 heterocycles. The van der Waals surface area contributed by atoms with Gasteiger partial charge in [0.1, 0.15) is 4.90 Å². The summed E-state index contributed by atoms with van der Waals surface area (Å²) in [5, 5.41) is 0. The van der Waals surface area contributed by atoms with Crippen LogP contribution in [-0.2, 0) is 33.1 Å². The largest absolute Gasteiger partial charge is 0.295 e. The predicted octanol–water partition coefficient (Wildman–Crippen LogP) is 4.56. The van der Waals surface area contributed by atoms with Gasteiger partial charge in [0.15, 0.2) is 0 Å². The number of benzene rings is 3. The summed E-state index contributed by atoms with van der Waals surface area (Å²) in [5.74, 6) is 0. The molecule has 0 saturated heterocycles. The summed E-state index contributed by atoms with van der Waals surface area (Å²) < 4.78 is 66.9. The molecule has 0 radical (unpaired) electrons. The second-order valence-electron chi connectivity index (χ2n) is 7.71. The molecular weight excluding hydrogens is 436 g/mol. The lowest BCUT2D eigenvalue weighted by atomic mass is 9.96. The van der Waals surface area contributed by atoms with Crippen LogP contribution in [0.15, 0.2) is 64.4 Å². The third-order valence-corrected chi connectivity index (χ3v) is 7.01. The molecule has 3 aromatic carbocycles. The highest BCUT2D eigenvalue weighted by atomic mass is 32.2. The van der Waals surface area contributed by atoms with Crippen LogP contribution in [0.3, 0.4) is 0 Å². The Morgan fingerprint density at radius 1 is 0.645 bits per heavy atom. The lowest BCUT2D eigenvalue weighted by Crippen LogP contribution is -2.06. The molecule has 2 N–H and O–H groups in total. The van der Waals surface area contributed by atoms with Crippen molar-refractivity contribution in [2.24, 2.45) is 0 Å². The van der Waals surface area contributed by atoms with Gasteiger partial charge in [0, 0.05) is 5.56 Å². The third kappa shape index (κ3) is 5.40. The van der Waals surface area contributed by atoms with Gasteiger partial charge in [-0.3, -0.25) is 9.11 Å². The minimum absolute atomic E-state index is 0.158. The normalized spacial score (nSPS) is 12.2. The van der Waals surface area contributed by atoms with E-state index in [0.29, 0.717) is 34.2 Å². The SMILES string of the molecule is Cc1ccc(-c2ccc(CCc3ccc(C)cc3S(=O)(=O)O)cc2S(=O)(=O)O)c(C)c1. The Kier molecular flexibility index (Phi) is 6.38. The Hall–Kier alpha value is -2.52. The summed E-state index contributed by atoms with van der Waals surface area (Å²) in [4.78, 5) is -0.356. The van der Waals surface area contributed by atoms with Crippen molar-refractivity contribution in [1.29, 1.82) is 0 Å². The molecule has 3 aromatic rings. The van der Waals surface area contributed by atoms with Crippen LogP contribution in [0.2, 0.25) is 0 Å². The highest BCUT2D eigenvalue weighted by Crippen LogP contribution is 2.32. The Labute approximate surface area is 183 Å². The summed E-state index contributed by atoms with van der Waals surface area (Å²) in [6, 6.07) is 15.2. The van der Waals surface area contributed by atoms with Crippen molar-refractivity contribution in [2.45, 2.75) is 43.4 Å². The monoisotopic (exact) mass is 460 g/mol. The third-order valence-electron chi connectivity index (χ3n) is 5.18. The van der Waals surface area contributed by atoms with Crippen molar-refractivity contribution in [2.75, 3.05) is 0 Å². The van der Waals surface area contributed by atoms with Gasteiger partial charge in [-0.25, -0.2) is 0 Å². The Morgan fingerprint density at radius 3 is 1.84 bits per heavy atom. The van der Waals surface area contributed by atoms with Crippen molar-refractivity contribution in [3.8, 4) is 11.1 Å². The number of hydrogen-bond donors (Lipinski definition) is 2. The van der Waals surface area contributed by atoms with Crippen LogP contribution in [0, 0.1) is 20.8 Å². The average Bonchev–Trinajstić information content (AvgIpc) is 2.65. The molecule has 0 aromatic heterocycles. The zero-order chi connectivity index (χ0) is 23.0. The minimum Gasteiger partial charge on any atom is -0.282 e. The fraction of sp³-hybridized carbons (Fsp3) is 0.217. The van der Waals surface area contributed by atoms with Gasteiger partial charge in [0.25, 0.3) is 20.2 Å².